The Hall–Kier alpha value is -1.47. The van der Waals surface area contributed by atoms with E-state index in [9.17, 15) is 4.79 Å². The van der Waals surface area contributed by atoms with Crippen LogP contribution in [0.15, 0.2) is 36.4 Å². The van der Waals surface area contributed by atoms with Crippen LogP contribution >= 0.6 is 34.2 Å². The molecule has 0 aliphatic rings. The number of methoxy groups -OCH3 is 2. The van der Waals surface area contributed by atoms with Gasteiger partial charge >= 0.3 is 0 Å². The zero-order chi connectivity index (χ0) is 15.4. The van der Waals surface area contributed by atoms with Crippen LogP contribution in [-0.2, 0) is 0 Å². The quantitative estimate of drug-likeness (QED) is 0.758. The van der Waals surface area contributed by atoms with Gasteiger partial charge in [0.25, 0.3) is 5.91 Å². The van der Waals surface area contributed by atoms with Crippen LogP contribution in [0.2, 0.25) is 5.02 Å². The second kappa shape index (κ2) is 7.00. The van der Waals surface area contributed by atoms with Crippen molar-refractivity contribution in [2.45, 2.75) is 0 Å². The summed E-state index contributed by atoms with van der Waals surface area (Å²) in [5.74, 6) is 0.735. The molecule has 0 aliphatic carbocycles. The number of benzene rings is 2. The van der Waals surface area contributed by atoms with E-state index in [-0.39, 0.29) is 5.91 Å². The Morgan fingerprint density at radius 3 is 2.52 bits per heavy atom. The maximum atomic E-state index is 12.4. The SMILES string of the molecule is COc1ccc(OC)c(C(=O)Nc2ccc(I)cc2Cl)c1. The minimum atomic E-state index is -0.311. The van der Waals surface area contributed by atoms with Gasteiger partial charge in [-0.25, -0.2) is 0 Å². The number of carbonyl (C=O) groups is 1. The molecule has 0 radical (unpaired) electrons. The smallest absolute Gasteiger partial charge is 0.259 e. The number of carbonyl (C=O) groups excluding carboxylic acids is 1. The largest absolute Gasteiger partial charge is 0.497 e. The first-order valence-electron chi connectivity index (χ1n) is 6.03. The number of amides is 1. The molecule has 1 amide bonds. The first-order valence-corrected chi connectivity index (χ1v) is 7.49. The predicted octanol–water partition coefficient (Wildman–Crippen LogP) is 4.21. The van der Waals surface area contributed by atoms with E-state index in [1.807, 2.05) is 6.07 Å². The highest BCUT2D eigenvalue weighted by atomic mass is 127. The number of ether oxygens (including phenoxy) is 2. The lowest BCUT2D eigenvalue weighted by molar-refractivity contribution is 0.102. The number of anilines is 1. The molecule has 0 saturated carbocycles. The molecular formula is C15H13ClINO3. The number of rotatable bonds is 4. The van der Waals surface area contributed by atoms with Crippen molar-refractivity contribution in [3.8, 4) is 11.5 Å². The summed E-state index contributed by atoms with van der Waals surface area (Å²) in [5, 5.41) is 3.25. The molecule has 6 heteroatoms. The third kappa shape index (κ3) is 3.79. The molecule has 0 bridgehead atoms. The fourth-order valence-electron chi connectivity index (χ4n) is 1.77. The van der Waals surface area contributed by atoms with E-state index in [1.54, 1.807) is 37.4 Å². The summed E-state index contributed by atoms with van der Waals surface area (Å²) in [5.41, 5.74) is 0.929. The summed E-state index contributed by atoms with van der Waals surface area (Å²) in [7, 11) is 3.05. The fourth-order valence-corrected chi connectivity index (χ4v) is 2.68. The van der Waals surface area contributed by atoms with Crippen molar-refractivity contribution in [1.29, 1.82) is 0 Å². The highest BCUT2D eigenvalue weighted by molar-refractivity contribution is 14.1. The first kappa shape index (κ1) is 15.9. The zero-order valence-corrected chi connectivity index (χ0v) is 14.4. The molecule has 0 atom stereocenters. The molecule has 0 heterocycles. The molecule has 1 N–H and O–H groups in total. The van der Waals surface area contributed by atoms with E-state index in [4.69, 9.17) is 21.1 Å². The number of hydrogen-bond acceptors (Lipinski definition) is 3. The van der Waals surface area contributed by atoms with Gasteiger partial charge in [0.2, 0.25) is 0 Å². The summed E-state index contributed by atoms with van der Waals surface area (Å²) in [6.45, 7) is 0. The normalized spacial score (nSPS) is 10.1. The van der Waals surface area contributed by atoms with Gasteiger partial charge in [0.05, 0.1) is 30.5 Å². The van der Waals surface area contributed by atoms with Gasteiger partial charge in [0.15, 0.2) is 0 Å². The average Bonchev–Trinajstić information content (AvgIpc) is 2.49. The Balaban J connectivity index is 2.31. The standard InChI is InChI=1S/C15H13ClINO3/c1-20-10-4-6-14(21-2)11(8-10)15(19)18-13-5-3-9(17)7-12(13)16/h3-8H,1-2H3,(H,18,19). The molecule has 0 aliphatic heterocycles. The van der Waals surface area contributed by atoms with Gasteiger partial charge in [-0.2, -0.15) is 0 Å². The van der Waals surface area contributed by atoms with Gasteiger partial charge < -0.3 is 14.8 Å². The molecule has 2 rings (SSSR count). The minimum Gasteiger partial charge on any atom is -0.497 e. The van der Waals surface area contributed by atoms with Crippen LogP contribution in [0.25, 0.3) is 0 Å². The van der Waals surface area contributed by atoms with Crippen LogP contribution < -0.4 is 14.8 Å². The third-order valence-corrected chi connectivity index (χ3v) is 3.81. The lowest BCUT2D eigenvalue weighted by atomic mass is 10.1. The van der Waals surface area contributed by atoms with Gasteiger partial charge in [0, 0.05) is 3.57 Å². The van der Waals surface area contributed by atoms with Gasteiger partial charge in [0.1, 0.15) is 11.5 Å². The van der Waals surface area contributed by atoms with E-state index in [0.29, 0.717) is 27.8 Å². The second-order valence-corrected chi connectivity index (χ2v) is 5.80. The summed E-state index contributed by atoms with van der Waals surface area (Å²) in [6, 6.07) is 10.4. The van der Waals surface area contributed by atoms with Crippen molar-refractivity contribution in [1.82, 2.24) is 0 Å². The first-order chi connectivity index (χ1) is 10.0. The summed E-state index contributed by atoms with van der Waals surface area (Å²) >= 11 is 8.27. The van der Waals surface area contributed by atoms with Gasteiger partial charge in [-0.3, -0.25) is 4.79 Å². The third-order valence-electron chi connectivity index (χ3n) is 2.83. The lowest BCUT2D eigenvalue weighted by Gasteiger charge is -2.12. The van der Waals surface area contributed by atoms with Crippen LogP contribution in [0.5, 0.6) is 11.5 Å². The van der Waals surface area contributed by atoms with E-state index >= 15 is 0 Å². The molecule has 21 heavy (non-hydrogen) atoms. The van der Waals surface area contributed by atoms with Crippen molar-refractivity contribution >= 4 is 45.8 Å². The number of hydrogen-bond donors (Lipinski definition) is 1. The summed E-state index contributed by atoms with van der Waals surface area (Å²) < 4.78 is 11.3. The van der Waals surface area contributed by atoms with Crippen LogP contribution in [0.3, 0.4) is 0 Å². The molecule has 0 unspecified atom stereocenters. The van der Waals surface area contributed by atoms with Crippen LogP contribution in [0.4, 0.5) is 5.69 Å². The topological polar surface area (TPSA) is 47.6 Å². The van der Waals surface area contributed by atoms with Gasteiger partial charge in [-0.15, -0.1) is 0 Å². The Labute approximate surface area is 141 Å². The highest BCUT2D eigenvalue weighted by Gasteiger charge is 2.15. The summed E-state index contributed by atoms with van der Waals surface area (Å²) in [4.78, 5) is 12.4. The molecule has 4 nitrogen and oxygen atoms in total. The molecule has 0 saturated heterocycles. The monoisotopic (exact) mass is 417 g/mol. The van der Waals surface area contributed by atoms with Crippen molar-refractivity contribution in [2.75, 3.05) is 19.5 Å². The lowest BCUT2D eigenvalue weighted by Crippen LogP contribution is -2.13. The Bertz CT molecular complexity index is 676. The van der Waals surface area contributed by atoms with Crippen molar-refractivity contribution in [3.05, 3.63) is 50.6 Å². The Kier molecular flexibility index (Phi) is 5.30. The van der Waals surface area contributed by atoms with Crippen molar-refractivity contribution in [3.63, 3.8) is 0 Å². The maximum Gasteiger partial charge on any atom is 0.259 e. The molecule has 2 aromatic rings. The molecule has 110 valence electrons. The Morgan fingerprint density at radius 2 is 1.90 bits per heavy atom. The molecule has 0 spiro atoms. The maximum absolute atomic E-state index is 12.4. The van der Waals surface area contributed by atoms with Gasteiger partial charge in [-0.05, 0) is 59.0 Å². The van der Waals surface area contributed by atoms with Gasteiger partial charge in [-0.1, -0.05) is 11.6 Å². The van der Waals surface area contributed by atoms with Crippen LogP contribution in [0, 0.1) is 3.57 Å². The second-order valence-electron chi connectivity index (χ2n) is 4.14. The van der Waals surface area contributed by atoms with Crippen LogP contribution in [-0.4, -0.2) is 20.1 Å². The molecule has 0 fully saturated rings. The zero-order valence-electron chi connectivity index (χ0n) is 11.4. The van der Waals surface area contributed by atoms with E-state index in [0.717, 1.165) is 3.57 Å². The fraction of sp³-hybridized carbons (Fsp3) is 0.133. The van der Waals surface area contributed by atoms with E-state index in [1.165, 1.54) is 7.11 Å². The minimum absolute atomic E-state index is 0.311. The number of halogens is 2. The predicted molar refractivity (Wildman–Crippen MR) is 91.7 cm³/mol. The summed E-state index contributed by atoms with van der Waals surface area (Å²) in [6.07, 6.45) is 0. The van der Waals surface area contributed by atoms with Crippen molar-refractivity contribution in [2.24, 2.45) is 0 Å². The molecule has 2 aromatic carbocycles. The molecular weight excluding hydrogens is 405 g/mol. The molecule has 0 aromatic heterocycles. The van der Waals surface area contributed by atoms with Crippen molar-refractivity contribution < 1.29 is 14.3 Å². The average molecular weight is 418 g/mol. The highest BCUT2D eigenvalue weighted by Crippen LogP contribution is 2.28. The van der Waals surface area contributed by atoms with E-state index < -0.39 is 0 Å². The Morgan fingerprint density at radius 1 is 1.14 bits per heavy atom. The van der Waals surface area contributed by atoms with E-state index in [2.05, 4.69) is 27.9 Å². The van der Waals surface area contributed by atoms with Crippen LogP contribution in [0.1, 0.15) is 10.4 Å². The number of nitrogens with one attached hydrogen (secondary N) is 1.